The van der Waals surface area contributed by atoms with Gasteiger partial charge in [-0.2, -0.15) is 0 Å². The van der Waals surface area contributed by atoms with Crippen molar-refractivity contribution in [1.29, 1.82) is 0 Å². The van der Waals surface area contributed by atoms with Gasteiger partial charge in [0, 0.05) is 5.69 Å². The number of ether oxygens (including phenoxy) is 1. The Morgan fingerprint density at radius 2 is 1.94 bits per heavy atom. The molecule has 0 unspecified atom stereocenters. The van der Waals surface area contributed by atoms with Gasteiger partial charge in [0.1, 0.15) is 5.82 Å². The molecule has 1 amide bonds. The normalized spacial score (nSPS) is 9.76. The minimum Gasteiger partial charge on any atom is -0.459 e. The monoisotopic (exact) mass is 239 g/mol. The first-order chi connectivity index (χ1) is 8.13. The third-order valence-corrected chi connectivity index (χ3v) is 2.02. The number of anilines is 1. The maximum Gasteiger partial charge on any atom is 0.397 e. The van der Waals surface area contributed by atoms with Crippen molar-refractivity contribution in [2.24, 2.45) is 0 Å². The van der Waals surface area contributed by atoms with Gasteiger partial charge in [0.25, 0.3) is 0 Å². The molecule has 1 aromatic rings. The first kappa shape index (κ1) is 13.2. The number of carbonyl (C=O) groups excluding carboxylic acids is 2. The zero-order valence-corrected chi connectivity index (χ0v) is 9.53. The molecule has 4 nitrogen and oxygen atoms in total. The van der Waals surface area contributed by atoms with E-state index < -0.39 is 17.7 Å². The van der Waals surface area contributed by atoms with E-state index in [2.05, 4.69) is 5.32 Å². The van der Waals surface area contributed by atoms with Crippen LogP contribution in [0.5, 0.6) is 0 Å². The highest BCUT2D eigenvalue weighted by atomic mass is 19.1. The Kier molecular flexibility index (Phi) is 5.13. The van der Waals surface area contributed by atoms with E-state index in [4.69, 9.17) is 4.74 Å². The predicted octanol–water partition coefficient (Wildman–Crippen LogP) is 2.11. The largest absolute Gasteiger partial charge is 0.459 e. The molecule has 0 saturated heterocycles. The van der Waals surface area contributed by atoms with Crippen LogP contribution in [0.3, 0.4) is 0 Å². The summed E-state index contributed by atoms with van der Waals surface area (Å²) in [5, 5.41) is 2.32. The van der Waals surface area contributed by atoms with Gasteiger partial charge in [0.2, 0.25) is 0 Å². The second kappa shape index (κ2) is 6.62. The van der Waals surface area contributed by atoms with Crippen LogP contribution in [0.4, 0.5) is 10.1 Å². The lowest BCUT2D eigenvalue weighted by atomic mass is 10.3. The SMILES string of the molecule is CCCCOC(=O)C(=O)Nc1ccc(F)cc1. The molecule has 1 N–H and O–H groups in total. The van der Waals surface area contributed by atoms with Gasteiger partial charge in [-0.25, -0.2) is 9.18 Å². The van der Waals surface area contributed by atoms with E-state index in [0.29, 0.717) is 5.69 Å². The van der Waals surface area contributed by atoms with Crippen molar-refractivity contribution in [3.63, 3.8) is 0 Å². The predicted molar refractivity (Wildman–Crippen MR) is 60.9 cm³/mol. The second-order valence-corrected chi connectivity index (χ2v) is 3.45. The Hall–Kier alpha value is -1.91. The molecule has 5 heteroatoms. The minimum absolute atomic E-state index is 0.228. The number of unbranched alkanes of at least 4 members (excludes halogenated alkanes) is 1. The Labute approximate surface area is 98.8 Å². The number of carbonyl (C=O) groups is 2. The van der Waals surface area contributed by atoms with Crippen LogP contribution in [0.25, 0.3) is 0 Å². The summed E-state index contributed by atoms with van der Waals surface area (Å²) >= 11 is 0. The van der Waals surface area contributed by atoms with Crippen LogP contribution in [-0.2, 0) is 14.3 Å². The molecule has 0 aliphatic heterocycles. The minimum atomic E-state index is -0.928. The number of hydrogen-bond acceptors (Lipinski definition) is 3. The van der Waals surface area contributed by atoms with Gasteiger partial charge in [0.05, 0.1) is 6.61 Å². The van der Waals surface area contributed by atoms with Crippen molar-refractivity contribution < 1.29 is 18.7 Å². The number of esters is 1. The van der Waals surface area contributed by atoms with Gasteiger partial charge >= 0.3 is 11.9 Å². The van der Waals surface area contributed by atoms with E-state index in [0.717, 1.165) is 12.8 Å². The molecule has 0 bridgehead atoms. The summed E-state index contributed by atoms with van der Waals surface area (Å²) in [6.45, 7) is 2.18. The van der Waals surface area contributed by atoms with Crippen LogP contribution >= 0.6 is 0 Å². The van der Waals surface area contributed by atoms with Gasteiger partial charge in [-0.1, -0.05) is 13.3 Å². The van der Waals surface area contributed by atoms with E-state index in [-0.39, 0.29) is 6.61 Å². The molecule has 0 atom stereocenters. The van der Waals surface area contributed by atoms with Gasteiger partial charge in [-0.05, 0) is 30.7 Å². The van der Waals surface area contributed by atoms with Gasteiger partial charge in [0.15, 0.2) is 0 Å². The smallest absolute Gasteiger partial charge is 0.397 e. The molecular formula is C12H14FNO3. The van der Waals surface area contributed by atoms with Crippen LogP contribution in [0.15, 0.2) is 24.3 Å². The molecule has 1 rings (SSSR count). The Morgan fingerprint density at radius 1 is 1.29 bits per heavy atom. The fourth-order valence-corrected chi connectivity index (χ4v) is 1.09. The average molecular weight is 239 g/mol. The molecule has 0 aliphatic rings. The third kappa shape index (κ3) is 4.63. The third-order valence-electron chi connectivity index (χ3n) is 2.02. The fraction of sp³-hybridized carbons (Fsp3) is 0.333. The summed E-state index contributed by atoms with van der Waals surface area (Å²) in [6, 6.07) is 5.12. The average Bonchev–Trinajstić information content (AvgIpc) is 2.32. The fourth-order valence-electron chi connectivity index (χ4n) is 1.09. The highest BCUT2D eigenvalue weighted by molar-refractivity contribution is 6.37. The Balaban J connectivity index is 2.43. The molecule has 0 aliphatic carbocycles. The van der Waals surface area contributed by atoms with Gasteiger partial charge < -0.3 is 10.1 Å². The molecule has 0 aromatic heterocycles. The summed E-state index contributed by atoms with van der Waals surface area (Å²) < 4.78 is 17.3. The lowest BCUT2D eigenvalue weighted by molar-refractivity contribution is -0.152. The van der Waals surface area contributed by atoms with Crippen molar-refractivity contribution in [2.45, 2.75) is 19.8 Å². The highest BCUT2D eigenvalue weighted by Gasteiger charge is 2.14. The molecule has 0 spiro atoms. The summed E-state index contributed by atoms with van der Waals surface area (Å²) in [5.74, 6) is -2.19. The van der Waals surface area contributed by atoms with Crippen LogP contribution in [0, 0.1) is 5.82 Å². The van der Waals surface area contributed by atoms with E-state index in [1.54, 1.807) is 0 Å². The summed E-state index contributed by atoms with van der Waals surface area (Å²) in [5.41, 5.74) is 0.351. The standard InChI is InChI=1S/C12H14FNO3/c1-2-3-8-17-12(16)11(15)14-10-6-4-9(13)5-7-10/h4-7H,2-3,8H2,1H3,(H,14,15). The maximum absolute atomic E-state index is 12.6. The van der Waals surface area contributed by atoms with E-state index >= 15 is 0 Å². The van der Waals surface area contributed by atoms with Crippen molar-refractivity contribution in [1.82, 2.24) is 0 Å². The first-order valence-electron chi connectivity index (χ1n) is 5.37. The molecule has 17 heavy (non-hydrogen) atoms. The van der Waals surface area contributed by atoms with Crippen molar-refractivity contribution in [3.8, 4) is 0 Å². The van der Waals surface area contributed by atoms with Crippen LogP contribution < -0.4 is 5.32 Å². The number of rotatable bonds is 4. The van der Waals surface area contributed by atoms with Crippen molar-refractivity contribution in [2.75, 3.05) is 11.9 Å². The number of benzene rings is 1. The highest BCUT2D eigenvalue weighted by Crippen LogP contribution is 2.08. The summed E-state index contributed by atoms with van der Waals surface area (Å²) in [6.07, 6.45) is 1.60. The van der Waals surface area contributed by atoms with Gasteiger partial charge in [-0.15, -0.1) is 0 Å². The Bertz CT molecular complexity index is 389. The molecular weight excluding hydrogens is 225 g/mol. The molecule has 92 valence electrons. The summed E-state index contributed by atoms with van der Waals surface area (Å²) in [7, 11) is 0. The molecule has 1 aromatic carbocycles. The quantitative estimate of drug-likeness (QED) is 0.497. The molecule has 0 fully saturated rings. The van der Waals surface area contributed by atoms with Crippen LogP contribution in [0.2, 0.25) is 0 Å². The first-order valence-corrected chi connectivity index (χ1v) is 5.37. The zero-order chi connectivity index (χ0) is 12.7. The van der Waals surface area contributed by atoms with Crippen molar-refractivity contribution >= 4 is 17.6 Å². The lowest BCUT2D eigenvalue weighted by Gasteiger charge is -2.05. The van der Waals surface area contributed by atoms with Crippen LogP contribution in [0.1, 0.15) is 19.8 Å². The molecule has 0 radical (unpaired) electrons. The molecule has 0 heterocycles. The van der Waals surface area contributed by atoms with E-state index in [1.807, 2.05) is 6.92 Å². The second-order valence-electron chi connectivity index (χ2n) is 3.45. The summed E-state index contributed by atoms with van der Waals surface area (Å²) in [4.78, 5) is 22.5. The molecule has 0 saturated carbocycles. The van der Waals surface area contributed by atoms with Crippen LogP contribution in [-0.4, -0.2) is 18.5 Å². The van der Waals surface area contributed by atoms with E-state index in [1.165, 1.54) is 24.3 Å². The lowest BCUT2D eigenvalue weighted by Crippen LogP contribution is -2.25. The Morgan fingerprint density at radius 3 is 2.53 bits per heavy atom. The number of amides is 1. The number of halogens is 1. The van der Waals surface area contributed by atoms with E-state index in [9.17, 15) is 14.0 Å². The van der Waals surface area contributed by atoms with Crippen molar-refractivity contribution in [3.05, 3.63) is 30.1 Å². The van der Waals surface area contributed by atoms with Gasteiger partial charge in [-0.3, -0.25) is 4.79 Å². The topological polar surface area (TPSA) is 55.4 Å². The zero-order valence-electron chi connectivity index (χ0n) is 9.53. The number of hydrogen-bond donors (Lipinski definition) is 1. The number of nitrogens with one attached hydrogen (secondary N) is 1. The maximum atomic E-state index is 12.6.